The molecule has 8 heteroatoms. The molecule has 4 heterocycles. The molecule has 0 spiro atoms. The van der Waals surface area contributed by atoms with E-state index in [1.165, 1.54) is 0 Å². The molecule has 7 nitrogen and oxygen atoms in total. The summed E-state index contributed by atoms with van der Waals surface area (Å²) in [5, 5.41) is 2.86. The molecule has 1 aliphatic heterocycles. The second-order valence-electron chi connectivity index (χ2n) is 8.31. The van der Waals surface area contributed by atoms with Crippen molar-refractivity contribution in [2.24, 2.45) is 5.92 Å². The van der Waals surface area contributed by atoms with E-state index in [9.17, 15) is 9.59 Å². The van der Waals surface area contributed by atoms with Crippen LogP contribution in [0.3, 0.4) is 0 Å². The van der Waals surface area contributed by atoms with Crippen LogP contribution < -0.4 is 5.32 Å². The fourth-order valence-electron chi connectivity index (χ4n) is 4.13. The van der Waals surface area contributed by atoms with Gasteiger partial charge in [0.1, 0.15) is 11.5 Å². The zero-order valence-electron chi connectivity index (χ0n) is 18.6. The maximum absolute atomic E-state index is 13.1. The standard InChI is InChI=1S/C26H25N5O2S/c32-25(29-23-7-1-3-13-27-23)20-6-5-15-31(16-20)26(33)19-9-11-22(12-10-19)34-18-21-17-30-14-4-2-8-24(30)28-21/h1-4,7-14,17,20H,5-6,15-16,18H2,(H,27,29,32)/t20-/m1/s1. The average Bonchev–Trinajstić information content (AvgIpc) is 3.31. The monoisotopic (exact) mass is 471 g/mol. The van der Waals surface area contributed by atoms with Gasteiger partial charge in [0.05, 0.1) is 11.6 Å². The fraction of sp³-hybridized carbons (Fsp3) is 0.231. The van der Waals surface area contributed by atoms with E-state index in [-0.39, 0.29) is 17.7 Å². The number of pyridine rings is 2. The highest BCUT2D eigenvalue weighted by molar-refractivity contribution is 7.98. The number of nitrogens with one attached hydrogen (secondary N) is 1. The molecule has 1 saturated heterocycles. The molecular weight excluding hydrogens is 446 g/mol. The number of aromatic nitrogens is 3. The number of anilines is 1. The van der Waals surface area contributed by atoms with Crippen LogP contribution in [0, 0.1) is 5.92 Å². The number of rotatable bonds is 6. The van der Waals surface area contributed by atoms with Crippen LogP contribution in [0.1, 0.15) is 28.9 Å². The Balaban J connectivity index is 1.17. The van der Waals surface area contributed by atoms with Gasteiger partial charge in [-0.15, -0.1) is 11.8 Å². The first-order valence-corrected chi connectivity index (χ1v) is 12.3. The van der Waals surface area contributed by atoms with E-state index in [2.05, 4.69) is 15.3 Å². The van der Waals surface area contributed by atoms with Crippen molar-refractivity contribution in [1.82, 2.24) is 19.3 Å². The van der Waals surface area contributed by atoms with Crippen molar-refractivity contribution in [2.45, 2.75) is 23.5 Å². The second kappa shape index (κ2) is 10.1. The van der Waals surface area contributed by atoms with Gasteiger partial charge in [-0.3, -0.25) is 9.59 Å². The first-order valence-electron chi connectivity index (χ1n) is 11.3. The molecule has 2 amide bonds. The summed E-state index contributed by atoms with van der Waals surface area (Å²) in [6, 6.07) is 19.0. The highest BCUT2D eigenvalue weighted by Crippen LogP contribution is 2.25. The van der Waals surface area contributed by atoms with Crippen molar-refractivity contribution in [1.29, 1.82) is 0 Å². The van der Waals surface area contributed by atoms with Crippen LogP contribution in [-0.4, -0.2) is 44.2 Å². The lowest BCUT2D eigenvalue weighted by atomic mass is 9.96. The molecule has 0 saturated carbocycles. The topological polar surface area (TPSA) is 79.6 Å². The van der Waals surface area contributed by atoms with Crippen molar-refractivity contribution in [3.05, 3.63) is 90.5 Å². The molecule has 5 rings (SSSR count). The van der Waals surface area contributed by atoms with E-state index in [0.717, 1.165) is 34.8 Å². The van der Waals surface area contributed by atoms with Crippen LogP contribution in [0.2, 0.25) is 0 Å². The molecule has 1 aromatic carbocycles. The Labute approximate surface area is 202 Å². The largest absolute Gasteiger partial charge is 0.338 e. The summed E-state index contributed by atoms with van der Waals surface area (Å²) >= 11 is 1.69. The van der Waals surface area contributed by atoms with Gasteiger partial charge in [-0.2, -0.15) is 0 Å². The van der Waals surface area contributed by atoms with Crippen molar-refractivity contribution in [3.8, 4) is 0 Å². The van der Waals surface area contributed by atoms with Gasteiger partial charge in [-0.05, 0) is 61.4 Å². The number of hydrogen-bond donors (Lipinski definition) is 1. The van der Waals surface area contributed by atoms with Gasteiger partial charge in [0.2, 0.25) is 5.91 Å². The summed E-state index contributed by atoms with van der Waals surface area (Å²) < 4.78 is 2.01. The Morgan fingerprint density at radius 1 is 1.06 bits per heavy atom. The molecule has 3 aromatic heterocycles. The predicted octanol–water partition coefficient (Wildman–Crippen LogP) is 4.51. The van der Waals surface area contributed by atoms with Crippen LogP contribution in [0.5, 0.6) is 0 Å². The molecule has 1 fully saturated rings. The van der Waals surface area contributed by atoms with Gasteiger partial charge in [0.15, 0.2) is 0 Å². The lowest BCUT2D eigenvalue weighted by molar-refractivity contribution is -0.121. The van der Waals surface area contributed by atoms with Crippen LogP contribution in [-0.2, 0) is 10.5 Å². The third-order valence-electron chi connectivity index (χ3n) is 5.90. The van der Waals surface area contributed by atoms with Gasteiger partial charge in [0, 0.05) is 47.9 Å². The van der Waals surface area contributed by atoms with E-state index < -0.39 is 0 Å². The van der Waals surface area contributed by atoms with Crippen molar-refractivity contribution in [2.75, 3.05) is 18.4 Å². The number of carbonyl (C=O) groups excluding carboxylic acids is 2. The minimum Gasteiger partial charge on any atom is -0.338 e. The average molecular weight is 472 g/mol. The highest BCUT2D eigenvalue weighted by Gasteiger charge is 2.29. The smallest absolute Gasteiger partial charge is 0.253 e. The van der Waals surface area contributed by atoms with E-state index >= 15 is 0 Å². The number of fused-ring (bicyclic) bond motifs is 1. The van der Waals surface area contributed by atoms with E-state index in [1.807, 2.05) is 65.3 Å². The minimum atomic E-state index is -0.236. The predicted molar refractivity (Wildman–Crippen MR) is 133 cm³/mol. The summed E-state index contributed by atoms with van der Waals surface area (Å²) in [7, 11) is 0. The Kier molecular flexibility index (Phi) is 6.58. The SMILES string of the molecule is O=C(Nc1ccccn1)[C@@H]1CCCN(C(=O)c2ccc(SCc3cn4ccccc4n3)cc2)C1. The normalized spacial score (nSPS) is 15.9. The van der Waals surface area contributed by atoms with Crippen LogP contribution in [0.15, 0.2) is 84.1 Å². The molecule has 0 radical (unpaired) electrons. The third-order valence-corrected chi connectivity index (χ3v) is 6.94. The van der Waals surface area contributed by atoms with Gasteiger partial charge >= 0.3 is 0 Å². The van der Waals surface area contributed by atoms with Crippen molar-refractivity contribution < 1.29 is 9.59 Å². The van der Waals surface area contributed by atoms with E-state index in [0.29, 0.717) is 24.5 Å². The fourth-order valence-corrected chi connectivity index (χ4v) is 4.91. The number of benzene rings is 1. The quantitative estimate of drug-likeness (QED) is 0.419. The maximum atomic E-state index is 13.1. The zero-order valence-corrected chi connectivity index (χ0v) is 19.4. The molecule has 0 unspecified atom stereocenters. The molecule has 1 N–H and O–H groups in total. The number of likely N-dealkylation sites (tertiary alicyclic amines) is 1. The molecule has 4 aromatic rings. The number of amides is 2. The number of hydrogen-bond acceptors (Lipinski definition) is 5. The van der Waals surface area contributed by atoms with Crippen molar-refractivity contribution in [3.63, 3.8) is 0 Å². The molecule has 0 aliphatic carbocycles. The first kappa shape index (κ1) is 22.2. The van der Waals surface area contributed by atoms with Gasteiger partial charge in [0.25, 0.3) is 5.91 Å². The van der Waals surface area contributed by atoms with Crippen LogP contribution >= 0.6 is 11.8 Å². The Bertz CT molecular complexity index is 1260. The zero-order chi connectivity index (χ0) is 23.3. The molecule has 34 heavy (non-hydrogen) atoms. The maximum Gasteiger partial charge on any atom is 0.253 e. The molecular formula is C26H25N5O2S. The number of imidazole rings is 1. The second-order valence-corrected chi connectivity index (χ2v) is 9.35. The number of thioether (sulfide) groups is 1. The van der Waals surface area contributed by atoms with Gasteiger partial charge in [-0.1, -0.05) is 12.1 Å². The Hall–Kier alpha value is -3.65. The summed E-state index contributed by atoms with van der Waals surface area (Å²) in [6.07, 6.45) is 7.24. The molecule has 1 aliphatic rings. The molecule has 1 atom stereocenters. The van der Waals surface area contributed by atoms with E-state index in [1.54, 1.807) is 35.0 Å². The first-order chi connectivity index (χ1) is 16.7. The Morgan fingerprint density at radius 2 is 1.91 bits per heavy atom. The lowest BCUT2D eigenvalue weighted by Gasteiger charge is -2.32. The van der Waals surface area contributed by atoms with Gasteiger partial charge in [-0.25, -0.2) is 9.97 Å². The number of piperidine rings is 1. The number of carbonyl (C=O) groups is 2. The van der Waals surface area contributed by atoms with Gasteiger partial charge < -0.3 is 14.6 Å². The molecule has 172 valence electrons. The summed E-state index contributed by atoms with van der Waals surface area (Å²) in [5.41, 5.74) is 2.59. The number of nitrogens with zero attached hydrogens (tertiary/aromatic N) is 4. The summed E-state index contributed by atoms with van der Waals surface area (Å²) in [5.74, 6) is 0.934. The Morgan fingerprint density at radius 3 is 2.71 bits per heavy atom. The van der Waals surface area contributed by atoms with Crippen LogP contribution in [0.4, 0.5) is 5.82 Å². The summed E-state index contributed by atoms with van der Waals surface area (Å²) in [6.45, 7) is 1.08. The summed E-state index contributed by atoms with van der Waals surface area (Å²) in [4.78, 5) is 37.4. The van der Waals surface area contributed by atoms with E-state index in [4.69, 9.17) is 0 Å². The minimum absolute atomic E-state index is 0.0350. The highest BCUT2D eigenvalue weighted by atomic mass is 32.2. The lowest BCUT2D eigenvalue weighted by Crippen LogP contribution is -2.43. The van der Waals surface area contributed by atoms with Crippen molar-refractivity contribution >= 4 is 35.0 Å². The molecule has 0 bridgehead atoms. The van der Waals surface area contributed by atoms with Crippen LogP contribution in [0.25, 0.3) is 5.65 Å². The third kappa shape index (κ3) is 5.12.